The largest absolute Gasteiger partial charge is 0.481 e. The lowest BCUT2D eigenvalue weighted by atomic mass is 10.1. The zero-order valence-electron chi connectivity index (χ0n) is 28.0. The van der Waals surface area contributed by atoms with Crippen LogP contribution in [0.15, 0.2) is 0 Å². The highest BCUT2D eigenvalue weighted by Gasteiger charge is 2.21. The fourth-order valence-corrected chi connectivity index (χ4v) is 5.25. The third-order valence-electron chi connectivity index (χ3n) is 8.04. The summed E-state index contributed by atoms with van der Waals surface area (Å²) in [6, 6.07) is -0.766. The van der Waals surface area contributed by atoms with Crippen molar-refractivity contribution in [1.82, 2.24) is 16.0 Å². The van der Waals surface area contributed by atoms with Crippen LogP contribution in [0.5, 0.6) is 0 Å². The number of nitrogens with one attached hydrogen (secondary N) is 3. The number of carboxylic acid groups (broad SMARTS) is 1. The summed E-state index contributed by atoms with van der Waals surface area (Å²) in [6.07, 6.45) is 26.1. The molecule has 0 saturated carbocycles. The van der Waals surface area contributed by atoms with Gasteiger partial charge in [0.05, 0.1) is 0 Å². The van der Waals surface area contributed by atoms with Gasteiger partial charge in [-0.2, -0.15) is 0 Å². The minimum Gasteiger partial charge on any atom is -0.481 e. The molecular formula is C35H67N3O5. The number of hydrogen-bond acceptors (Lipinski definition) is 4. The highest BCUT2D eigenvalue weighted by atomic mass is 16.4. The molecule has 4 N–H and O–H groups in total. The lowest BCUT2D eigenvalue weighted by Crippen LogP contribution is -2.47. The van der Waals surface area contributed by atoms with Crippen molar-refractivity contribution in [2.75, 3.05) is 13.1 Å². The second-order valence-electron chi connectivity index (χ2n) is 12.3. The van der Waals surface area contributed by atoms with Crippen LogP contribution in [0.1, 0.15) is 181 Å². The summed E-state index contributed by atoms with van der Waals surface area (Å²) in [4.78, 5) is 48.5. The van der Waals surface area contributed by atoms with Crippen LogP contribution in [0.3, 0.4) is 0 Å². The van der Waals surface area contributed by atoms with Gasteiger partial charge in [0.2, 0.25) is 17.7 Å². The lowest BCUT2D eigenvalue weighted by molar-refractivity contribution is -0.137. The molecule has 0 unspecified atom stereocenters. The number of rotatable bonds is 32. The van der Waals surface area contributed by atoms with Gasteiger partial charge in [-0.15, -0.1) is 0 Å². The van der Waals surface area contributed by atoms with Gasteiger partial charge in [-0.05, 0) is 32.1 Å². The van der Waals surface area contributed by atoms with E-state index in [1.165, 1.54) is 103 Å². The minimum absolute atomic E-state index is 0.0231. The molecule has 0 spiro atoms. The first-order valence-electron chi connectivity index (χ1n) is 18.0. The molecule has 43 heavy (non-hydrogen) atoms. The number of amides is 3. The van der Waals surface area contributed by atoms with Gasteiger partial charge in [-0.1, -0.05) is 129 Å². The van der Waals surface area contributed by atoms with Crippen LogP contribution in [-0.2, 0) is 19.2 Å². The van der Waals surface area contributed by atoms with Crippen molar-refractivity contribution in [1.29, 1.82) is 0 Å². The van der Waals surface area contributed by atoms with Gasteiger partial charge in [-0.3, -0.25) is 19.2 Å². The van der Waals surface area contributed by atoms with Gasteiger partial charge >= 0.3 is 5.97 Å². The molecule has 8 nitrogen and oxygen atoms in total. The molecule has 0 heterocycles. The Bertz CT molecular complexity index is 701. The smallest absolute Gasteiger partial charge is 0.303 e. The summed E-state index contributed by atoms with van der Waals surface area (Å²) in [6.45, 7) is 5.67. The quantitative estimate of drug-likeness (QED) is 0.0576. The standard InChI is InChI=1S/C35H67N3O5/c1-3-5-7-9-11-13-15-17-19-23-29-36-32(39)28-27-31(38-33(40)25-21-22-26-34(41)42)35(43)37-30-24-20-18-16-14-12-10-8-6-4-2/h31H,3-30H2,1-2H3,(H,36,39)(H,37,43)(H,38,40)(H,41,42)/t31-/m0/s1. The normalized spacial score (nSPS) is 11.7. The SMILES string of the molecule is CCCCCCCCCCCCNC(=O)CC[C@H](NC(=O)CCCCC(=O)O)C(=O)NCCCCCCCCCCCC. The summed E-state index contributed by atoms with van der Waals surface area (Å²) < 4.78 is 0. The van der Waals surface area contributed by atoms with Gasteiger partial charge in [0.15, 0.2) is 0 Å². The third kappa shape index (κ3) is 29.7. The molecule has 0 saturated heterocycles. The number of aliphatic carboxylic acids is 1. The molecule has 0 rings (SSSR count). The summed E-state index contributed by atoms with van der Waals surface area (Å²) in [7, 11) is 0. The van der Waals surface area contributed by atoms with Crippen molar-refractivity contribution >= 4 is 23.7 Å². The monoisotopic (exact) mass is 610 g/mol. The van der Waals surface area contributed by atoms with E-state index in [9.17, 15) is 19.2 Å². The lowest BCUT2D eigenvalue weighted by Gasteiger charge is -2.18. The second kappa shape index (κ2) is 31.3. The predicted octanol–water partition coefficient (Wildman–Crippen LogP) is 7.97. The van der Waals surface area contributed by atoms with Gasteiger partial charge in [0, 0.05) is 32.4 Å². The van der Waals surface area contributed by atoms with E-state index in [4.69, 9.17) is 5.11 Å². The molecule has 0 radical (unpaired) electrons. The first-order valence-corrected chi connectivity index (χ1v) is 18.0. The third-order valence-corrected chi connectivity index (χ3v) is 8.04. The highest BCUT2D eigenvalue weighted by molar-refractivity contribution is 5.88. The zero-order valence-corrected chi connectivity index (χ0v) is 28.0. The molecule has 8 heteroatoms. The molecule has 252 valence electrons. The first-order chi connectivity index (χ1) is 20.9. The Balaban J connectivity index is 4.29. The second-order valence-corrected chi connectivity index (χ2v) is 12.3. The molecule has 0 aliphatic carbocycles. The summed E-state index contributed by atoms with van der Waals surface area (Å²) in [5, 5.41) is 17.5. The summed E-state index contributed by atoms with van der Waals surface area (Å²) in [5.74, 6) is -1.51. The van der Waals surface area contributed by atoms with Crippen LogP contribution in [0.2, 0.25) is 0 Å². The van der Waals surface area contributed by atoms with Crippen LogP contribution in [0.4, 0.5) is 0 Å². The molecule has 1 atom stereocenters. The fourth-order valence-electron chi connectivity index (χ4n) is 5.25. The predicted molar refractivity (Wildman–Crippen MR) is 177 cm³/mol. The van der Waals surface area contributed by atoms with E-state index in [0.717, 1.165) is 25.7 Å². The molecule has 0 aromatic heterocycles. The van der Waals surface area contributed by atoms with E-state index in [1.54, 1.807) is 0 Å². The average Bonchev–Trinajstić information content (AvgIpc) is 2.98. The van der Waals surface area contributed by atoms with E-state index in [0.29, 0.717) is 25.9 Å². The van der Waals surface area contributed by atoms with Crippen LogP contribution in [0, 0.1) is 0 Å². The van der Waals surface area contributed by atoms with E-state index in [2.05, 4.69) is 29.8 Å². The topological polar surface area (TPSA) is 125 Å². The Kier molecular flexibility index (Phi) is 29.8. The van der Waals surface area contributed by atoms with Crippen molar-refractivity contribution in [3.63, 3.8) is 0 Å². The molecular weight excluding hydrogens is 542 g/mol. The molecule has 0 bridgehead atoms. The number of unbranched alkanes of at least 4 members (excludes halogenated alkanes) is 19. The van der Waals surface area contributed by atoms with Crippen molar-refractivity contribution in [2.24, 2.45) is 0 Å². The van der Waals surface area contributed by atoms with Crippen molar-refractivity contribution in [2.45, 2.75) is 187 Å². The maximum atomic E-state index is 12.9. The molecule has 3 amide bonds. The van der Waals surface area contributed by atoms with E-state index in [-0.39, 0.29) is 43.4 Å². The fraction of sp³-hybridized carbons (Fsp3) is 0.886. The maximum absolute atomic E-state index is 12.9. The summed E-state index contributed by atoms with van der Waals surface area (Å²) in [5.41, 5.74) is 0. The van der Waals surface area contributed by atoms with Crippen LogP contribution in [-0.4, -0.2) is 47.9 Å². The van der Waals surface area contributed by atoms with Crippen molar-refractivity contribution in [3.8, 4) is 0 Å². The minimum atomic E-state index is -0.881. The molecule has 0 aliphatic heterocycles. The molecule has 0 aromatic carbocycles. The van der Waals surface area contributed by atoms with Crippen LogP contribution < -0.4 is 16.0 Å². The van der Waals surface area contributed by atoms with Gasteiger partial charge in [-0.25, -0.2) is 0 Å². The Labute approximate surface area is 263 Å². The highest BCUT2D eigenvalue weighted by Crippen LogP contribution is 2.11. The molecule has 0 aliphatic rings. The Morgan fingerprint density at radius 2 is 0.907 bits per heavy atom. The first kappa shape index (κ1) is 40.9. The summed E-state index contributed by atoms with van der Waals surface area (Å²) >= 11 is 0. The van der Waals surface area contributed by atoms with Gasteiger partial charge in [0.1, 0.15) is 6.04 Å². The van der Waals surface area contributed by atoms with E-state index < -0.39 is 12.0 Å². The average molecular weight is 610 g/mol. The number of carbonyl (C=O) groups is 4. The Morgan fingerprint density at radius 1 is 0.488 bits per heavy atom. The zero-order chi connectivity index (χ0) is 31.8. The Hall–Kier alpha value is -2.12. The van der Waals surface area contributed by atoms with Gasteiger partial charge < -0.3 is 21.1 Å². The van der Waals surface area contributed by atoms with Crippen LogP contribution in [0.25, 0.3) is 0 Å². The van der Waals surface area contributed by atoms with Crippen molar-refractivity contribution < 1.29 is 24.3 Å². The van der Waals surface area contributed by atoms with E-state index >= 15 is 0 Å². The van der Waals surface area contributed by atoms with Crippen molar-refractivity contribution in [3.05, 3.63) is 0 Å². The van der Waals surface area contributed by atoms with Gasteiger partial charge in [0.25, 0.3) is 0 Å². The number of hydrogen-bond donors (Lipinski definition) is 4. The Morgan fingerprint density at radius 3 is 1.37 bits per heavy atom. The van der Waals surface area contributed by atoms with E-state index in [1.807, 2.05) is 0 Å². The van der Waals surface area contributed by atoms with Crippen LogP contribution >= 0.6 is 0 Å². The number of carbonyl (C=O) groups excluding carboxylic acids is 3. The maximum Gasteiger partial charge on any atom is 0.303 e. The molecule has 0 aromatic rings. The molecule has 0 fully saturated rings. The number of carboxylic acids is 1.